The standard InChI is InChI=1S/C17H31N3/c1-7-20(8-2)17(5,6)16(19-18)12-15-10-9-13(3)14(4)11-15/h9-11,16,19H,7-8,12,18H2,1-6H3. The summed E-state index contributed by atoms with van der Waals surface area (Å²) in [6.07, 6.45) is 0.946. The van der Waals surface area contributed by atoms with Crippen molar-refractivity contribution in [3.8, 4) is 0 Å². The summed E-state index contributed by atoms with van der Waals surface area (Å²) in [7, 11) is 0. The molecule has 0 amide bonds. The zero-order chi connectivity index (χ0) is 15.3. The summed E-state index contributed by atoms with van der Waals surface area (Å²) in [5, 5.41) is 0. The van der Waals surface area contributed by atoms with Crippen LogP contribution in [0.1, 0.15) is 44.4 Å². The highest BCUT2D eigenvalue weighted by Gasteiger charge is 2.33. The Morgan fingerprint density at radius 2 is 1.75 bits per heavy atom. The predicted octanol–water partition coefficient (Wildman–Crippen LogP) is 2.80. The lowest BCUT2D eigenvalue weighted by molar-refractivity contribution is 0.0912. The molecule has 1 rings (SSSR count). The lowest BCUT2D eigenvalue weighted by Crippen LogP contribution is -2.60. The number of benzene rings is 1. The van der Waals surface area contributed by atoms with Gasteiger partial charge >= 0.3 is 0 Å². The molecule has 0 aliphatic heterocycles. The molecule has 1 atom stereocenters. The normalized spacial score (nSPS) is 13.8. The van der Waals surface area contributed by atoms with E-state index in [9.17, 15) is 0 Å². The quantitative estimate of drug-likeness (QED) is 0.595. The summed E-state index contributed by atoms with van der Waals surface area (Å²) in [5.41, 5.74) is 7.09. The van der Waals surface area contributed by atoms with Gasteiger partial charge in [0.1, 0.15) is 0 Å². The van der Waals surface area contributed by atoms with Gasteiger partial charge in [0.2, 0.25) is 0 Å². The molecule has 0 saturated heterocycles. The van der Waals surface area contributed by atoms with Crippen molar-refractivity contribution >= 4 is 0 Å². The number of hydrogen-bond acceptors (Lipinski definition) is 3. The van der Waals surface area contributed by atoms with Gasteiger partial charge in [0.25, 0.3) is 0 Å². The topological polar surface area (TPSA) is 41.3 Å². The number of aryl methyl sites for hydroxylation is 2. The van der Waals surface area contributed by atoms with Crippen molar-refractivity contribution in [1.29, 1.82) is 0 Å². The van der Waals surface area contributed by atoms with Crippen molar-refractivity contribution in [3.63, 3.8) is 0 Å². The minimum absolute atomic E-state index is 0.0248. The first-order valence-corrected chi connectivity index (χ1v) is 7.64. The molecule has 1 aromatic rings. The van der Waals surface area contributed by atoms with Gasteiger partial charge < -0.3 is 0 Å². The van der Waals surface area contributed by atoms with Crippen molar-refractivity contribution in [2.45, 2.75) is 59.5 Å². The number of rotatable bonds is 7. The van der Waals surface area contributed by atoms with Crippen LogP contribution in [-0.4, -0.2) is 29.6 Å². The molecular formula is C17H31N3. The van der Waals surface area contributed by atoms with Crippen molar-refractivity contribution < 1.29 is 0 Å². The maximum Gasteiger partial charge on any atom is 0.0429 e. The van der Waals surface area contributed by atoms with Gasteiger partial charge in [-0.25, -0.2) is 0 Å². The van der Waals surface area contributed by atoms with Crippen molar-refractivity contribution in [1.82, 2.24) is 10.3 Å². The second kappa shape index (κ2) is 7.21. The Hall–Kier alpha value is -0.900. The summed E-state index contributed by atoms with van der Waals surface area (Å²) >= 11 is 0. The average Bonchev–Trinajstić information content (AvgIpc) is 2.40. The van der Waals surface area contributed by atoms with Gasteiger partial charge in [-0.3, -0.25) is 16.2 Å². The molecule has 1 unspecified atom stereocenters. The van der Waals surface area contributed by atoms with Crippen LogP contribution in [-0.2, 0) is 6.42 Å². The van der Waals surface area contributed by atoms with E-state index in [-0.39, 0.29) is 11.6 Å². The summed E-state index contributed by atoms with van der Waals surface area (Å²) in [6.45, 7) is 15.3. The number of nitrogens with zero attached hydrogens (tertiary/aromatic N) is 1. The monoisotopic (exact) mass is 277 g/mol. The first kappa shape index (κ1) is 17.2. The van der Waals surface area contributed by atoms with E-state index in [0.29, 0.717) is 0 Å². The highest BCUT2D eigenvalue weighted by atomic mass is 15.3. The van der Waals surface area contributed by atoms with E-state index in [1.807, 2.05) is 0 Å². The van der Waals surface area contributed by atoms with Crippen molar-refractivity contribution in [2.75, 3.05) is 13.1 Å². The number of nitrogens with one attached hydrogen (secondary N) is 1. The van der Waals surface area contributed by atoms with E-state index < -0.39 is 0 Å². The summed E-state index contributed by atoms with van der Waals surface area (Å²) < 4.78 is 0. The van der Waals surface area contributed by atoms with Crippen LogP contribution in [0.3, 0.4) is 0 Å². The largest absolute Gasteiger partial charge is 0.297 e. The fourth-order valence-electron chi connectivity index (χ4n) is 2.94. The zero-order valence-corrected chi connectivity index (χ0v) is 14.0. The van der Waals surface area contributed by atoms with Crippen LogP contribution >= 0.6 is 0 Å². The lowest BCUT2D eigenvalue weighted by atomic mass is 9.87. The van der Waals surface area contributed by atoms with Gasteiger partial charge in [-0.2, -0.15) is 0 Å². The fourth-order valence-corrected chi connectivity index (χ4v) is 2.94. The van der Waals surface area contributed by atoms with E-state index >= 15 is 0 Å². The molecule has 0 bridgehead atoms. The van der Waals surface area contributed by atoms with Crippen LogP contribution in [0.5, 0.6) is 0 Å². The first-order valence-electron chi connectivity index (χ1n) is 7.64. The summed E-state index contributed by atoms with van der Waals surface area (Å²) in [5.74, 6) is 5.85. The molecule has 20 heavy (non-hydrogen) atoms. The van der Waals surface area contributed by atoms with Gasteiger partial charge in [-0.05, 0) is 63.9 Å². The molecule has 0 saturated carbocycles. The highest BCUT2D eigenvalue weighted by Crippen LogP contribution is 2.22. The second-order valence-electron chi connectivity index (χ2n) is 6.17. The molecule has 0 radical (unpaired) electrons. The van der Waals surface area contributed by atoms with Gasteiger partial charge in [0.15, 0.2) is 0 Å². The van der Waals surface area contributed by atoms with Crippen LogP contribution in [0.25, 0.3) is 0 Å². The Morgan fingerprint density at radius 1 is 1.15 bits per heavy atom. The van der Waals surface area contributed by atoms with Gasteiger partial charge in [0.05, 0.1) is 0 Å². The maximum atomic E-state index is 5.85. The smallest absolute Gasteiger partial charge is 0.0429 e. The second-order valence-corrected chi connectivity index (χ2v) is 6.17. The number of likely N-dealkylation sites (N-methyl/N-ethyl adjacent to an activating group) is 1. The van der Waals surface area contributed by atoms with Crippen LogP contribution in [0.15, 0.2) is 18.2 Å². The highest BCUT2D eigenvalue weighted by molar-refractivity contribution is 5.30. The van der Waals surface area contributed by atoms with E-state index in [4.69, 9.17) is 5.84 Å². The number of hydrogen-bond donors (Lipinski definition) is 2. The SMILES string of the molecule is CCN(CC)C(C)(C)C(Cc1ccc(C)c(C)c1)NN. The van der Waals surface area contributed by atoms with Crippen LogP contribution in [0.4, 0.5) is 0 Å². The minimum atomic E-state index is 0.0248. The van der Waals surface area contributed by atoms with Crippen LogP contribution < -0.4 is 11.3 Å². The van der Waals surface area contributed by atoms with E-state index in [2.05, 4.69) is 70.1 Å². The number of nitrogens with two attached hydrogens (primary N) is 1. The van der Waals surface area contributed by atoms with E-state index in [1.54, 1.807) is 0 Å². The predicted molar refractivity (Wildman–Crippen MR) is 87.7 cm³/mol. The Bertz CT molecular complexity index is 422. The van der Waals surface area contributed by atoms with Gasteiger partial charge in [0, 0.05) is 11.6 Å². The molecule has 3 nitrogen and oxygen atoms in total. The molecule has 3 N–H and O–H groups in total. The molecule has 0 fully saturated rings. The Labute approximate surface area is 124 Å². The molecule has 3 heteroatoms. The summed E-state index contributed by atoms with van der Waals surface area (Å²) in [6, 6.07) is 6.91. The van der Waals surface area contributed by atoms with E-state index in [1.165, 1.54) is 16.7 Å². The third-order valence-electron chi connectivity index (χ3n) is 4.64. The minimum Gasteiger partial charge on any atom is -0.297 e. The molecule has 0 aliphatic carbocycles. The fraction of sp³-hybridized carbons (Fsp3) is 0.647. The summed E-state index contributed by atoms with van der Waals surface area (Å²) in [4.78, 5) is 2.46. The zero-order valence-electron chi connectivity index (χ0n) is 14.0. The van der Waals surface area contributed by atoms with Gasteiger partial charge in [-0.1, -0.05) is 32.0 Å². The van der Waals surface area contributed by atoms with Crippen LogP contribution in [0, 0.1) is 13.8 Å². The van der Waals surface area contributed by atoms with E-state index in [0.717, 1.165) is 19.5 Å². The average molecular weight is 277 g/mol. The molecule has 0 heterocycles. The van der Waals surface area contributed by atoms with Crippen molar-refractivity contribution in [3.05, 3.63) is 34.9 Å². The lowest BCUT2D eigenvalue weighted by Gasteiger charge is -2.43. The third kappa shape index (κ3) is 3.81. The number of hydrazine groups is 1. The third-order valence-corrected chi connectivity index (χ3v) is 4.64. The van der Waals surface area contributed by atoms with Gasteiger partial charge in [-0.15, -0.1) is 0 Å². The van der Waals surface area contributed by atoms with Crippen LogP contribution in [0.2, 0.25) is 0 Å². The Balaban J connectivity index is 2.93. The Kier molecular flexibility index (Phi) is 6.18. The molecule has 0 spiro atoms. The maximum absolute atomic E-state index is 5.85. The molecule has 0 aliphatic rings. The molecule has 114 valence electrons. The first-order chi connectivity index (χ1) is 9.36. The molecule has 1 aromatic carbocycles. The van der Waals surface area contributed by atoms with Crippen molar-refractivity contribution in [2.24, 2.45) is 5.84 Å². The molecular weight excluding hydrogens is 246 g/mol. The Morgan fingerprint density at radius 3 is 2.20 bits per heavy atom. The molecule has 0 aromatic heterocycles.